The van der Waals surface area contributed by atoms with E-state index in [2.05, 4.69) is 5.32 Å². The quantitative estimate of drug-likeness (QED) is 0.838. The van der Waals surface area contributed by atoms with Gasteiger partial charge in [0, 0.05) is 18.7 Å². The summed E-state index contributed by atoms with van der Waals surface area (Å²) in [6, 6.07) is 7.45. The molecule has 5 heteroatoms. The second kappa shape index (κ2) is 6.41. The number of nitrogens with one attached hydrogen (secondary N) is 1. The van der Waals surface area contributed by atoms with E-state index in [1.165, 1.54) is 0 Å². The smallest absolute Gasteiger partial charge is 0.305 e. The van der Waals surface area contributed by atoms with Gasteiger partial charge in [0.25, 0.3) is 5.91 Å². The fraction of sp³-hybridized carbons (Fsp3) is 0.467. The lowest BCUT2D eigenvalue weighted by molar-refractivity contribution is -0.143. The Morgan fingerprint density at radius 3 is 2.80 bits per heavy atom. The minimum atomic E-state index is -0.225. The van der Waals surface area contributed by atoms with E-state index in [1.807, 2.05) is 31.2 Å². The summed E-state index contributed by atoms with van der Waals surface area (Å²) < 4.78 is 4.93. The Kier molecular flexibility index (Phi) is 4.61. The summed E-state index contributed by atoms with van der Waals surface area (Å²) in [7, 11) is 0. The van der Waals surface area contributed by atoms with Crippen LogP contribution in [0.3, 0.4) is 0 Å². The van der Waals surface area contributed by atoms with Crippen molar-refractivity contribution in [2.45, 2.75) is 32.9 Å². The van der Waals surface area contributed by atoms with Gasteiger partial charge >= 0.3 is 5.97 Å². The van der Waals surface area contributed by atoms with Gasteiger partial charge in [-0.1, -0.05) is 12.1 Å². The Morgan fingerprint density at radius 2 is 2.10 bits per heavy atom. The van der Waals surface area contributed by atoms with Crippen molar-refractivity contribution in [3.8, 4) is 0 Å². The zero-order valence-corrected chi connectivity index (χ0v) is 11.9. The van der Waals surface area contributed by atoms with Crippen molar-refractivity contribution in [3.63, 3.8) is 0 Å². The fourth-order valence-electron chi connectivity index (χ4n) is 2.43. The molecule has 1 unspecified atom stereocenters. The van der Waals surface area contributed by atoms with Crippen LogP contribution in [0.4, 0.5) is 5.69 Å². The number of amides is 1. The van der Waals surface area contributed by atoms with E-state index in [4.69, 9.17) is 4.74 Å². The molecule has 108 valence electrons. The molecule has 1 atom stereocenters. The van der Waals surface area contributed by atoms with Gasteiger partial charge in [-0.15, -0.1) is 0 Å². The third kappa shape index (κ3) is 2.92. The van der Waals surface area contributed by atoms with Gasteiger partial charge in [0.1, 0.15) is 6.17 Å². The zero-order chi connectivity index (χ0) is 14.5. The summed E-state index contributed by atoms with van der Waals surface area (Å²) >= 11 is 0. The van der Waals surface area contributed by atoms with E-state index < -0.39 is 0 Å². The molecule has 0 spiro atoms. The first-order valence-electron chi connectivity index (χ1n) is 6.99. The molecule has 0 saturated carbocycles. The van der Waals surface area contributed by atoms with Crippen molar-refractivity contribution in [1.82, 2.24) is 4.90 Å². The number of para-hydroxylation sites is 1. The number of hydrogen-bond acceptors (Lipinski definition) is 4. The van der Waals surface area contributed by atoms with Crippen LogP contribution in [0.15, 0.2) is 24.3 Å². The van der Waals surface area contributed by atoms with Crippen LogP contribution in [-0.4, -0.2) is 36.1 Å². The highest BCUT2D eigenvalue weighted by atomic mass is 16.5. The molecule has 1 aliphatic rings. The van der Waals surface area contributed by atoms with Crippen LogP contribution in [0, 0.1) is 0 Å². The first kappa shape index (κ1) is 14.4. The highest BCUT2D eigenvalue weighted by Crippen LogP contribution is 2.26. The molecular weight excluding hydrogens is 256 g/mol. The molecule has 0 fully saturated rings. The third-order valence-electron chi connectivity index (χ3n) is 3.38. The largest absolute Gasteiger partial charge is 0.466 e. The van der Waals surface area contributed by atoms with Crippen LogP contribution in [0.1, 0.15) is 37.0 Å². The van der Waals surface area contributed by atoms with Crippen molar-refractivity contribution < 1.29 is 14.3 Å². The summed E-state index contributed by atoms with van der Waals surface area (Å²) in [6.45, 7) is 4.71. The maximum atomic E-state index is 12.4. The number of rotatable bonds is 5. The number of ether oxygens (including phenoxy) is 1. The molecule has 1 heterocycles. The molecular formula is C15H20N2O3. The monoisotopic (exact) mass is 276 g/mol. The van der Waals surface area contributed by atoms with Crippen LogP contribution < -0.4 is 5.32 Å². The first-order chi connectivity index (χ1) is 9.67. The minimum Gasteiger partial charge on any atom is -0.466 e. The van der Waals surface area contributed by atoms with Crippen molar-refractivity contribution in [3.05, 3.63) is 29.8 Å². The van der Waals surface area contributed by atoms with Crippen molar-refractivity contribution in [2.75, 3.05) is 18.5 Å². The average Bonchev–Trinajstić information content (AvgIpc) is 2.46. The number of carbonyl (C=O) groups is 2. The molecule has 1 N–H and O–H groups in total. The van der Waals surface area contributed by atoms with Crippen LogP contribution >= 0.6 is 0 Å². The number of esters is 1. The van der Waals surface area contributed by atoms with E-state index in [1.54, 1.807) is 11.8 Å². The van der Waals surface area contributed by atoms with E-state index in [-0.39, 0.29) is 18.0 Å². The van der Waals surface area contributed by atoms with Crippen molar-refractivity contribution >= 4 is 17.6 Å². The fourth-order valence-corrected chi connectivity index (χ4v) is 2.43. The summed E-state index contributed by atoms with van der Waals surface area (Å²) in [5, 5.41) is 3.32. The van der Waals surface area contributed by atoms with Gasteiger partial charge in [-0.05, 0) is 32.4 Å². The molecule has 1 amide bonds. The molecule has 1 aromatic rings. The number of nitrogens with zero attached hydrogens (tertiary/aromatic N) is 1. The third-order valence-corrected chi connectivity index (χ3v) is 3.38. The summed E-state index contributed by atoms with van der Waals surface area (Å²) in [5.41, 5.74) is 1.51. The summed E-state index contributed by atoms with van der Waals surface area (Å²) in [6.07, 6.45) is 0.691. The van der Waals surface area contributed by atoms with Crippen LogP contribution in [0.25, 0.3) is 0 Å². The number of anilines is 1. The lowest BCUT2D eigenvalue weighted by Gasteiger charge is -2.37. The second-order valence-corrected chi connectivity index (χ2v) is 4.64. The molecule has 20 heavy (non-hydrogen) atoms. The summed E-state index contributed by atoms with van der Waals surface area (Å²) in [5.74, 6) is -0.215. The molecule has 0 aliphatic carbocycles. The molecule has 0 saturated heterocycles. The Labute approximate surface area is 118 Å². The molecule has 0 bridgehead atoms. The number of hydrogen-bond donors (Lipinski definition) is 1. The SMILES string of the molecule is CCOC(=O)CCC1Nc2ccccc2C(=O)N1CC. The Balaban J connectivity index is 2.10. The van der Waals surface area contributed by atoms with Gasteiger partial charge in [-0.3, -0.25) is 9.59 Å². The van der Waals surface area contributed by atoms with Gasteiger partial charge in [-0.25, -0.2) is 0 Å². The van der Waals surface area contributed by atoms with E-state index in [0.29, 0.717) is 31.6 Å². The van der Waals surface area contributed by atoms with E-state index in [9.17, 15) is 9.59 Å². The van der Waals surface area contributed by atoms with Crippen molar-refractivity contribution in [2.24, 2.45) is 0 Å². The molecule has 1 aliphatic heterocycles. The first-order valence-corrected chi connectivity index (χ1v) is 6.99. The Morgan fingerprint density at radius 1 is 1.35 bits per heavy atom. The van der Waals surface area contributed by atoms with Gasteiger partial charge in [0.15, 0.2) is 0 Å². The summed E-state index contributed by atoms with van der Waals surface area (Å²) in [4.78, 5) is 25.6. The van der Waals surface area contributed by atoms with E-state index in [0.717, 1.165) is 5.69 Å². The second-order valence-electron chi connectivity index (χ2n) is 4.64. The lowest BCUT2D eigenvalue weighted by Crippen LogP contribution is -2.48. The van der Waals surface area contributed by atoms with Crippen LogP contribution in [0.5, 0.6) is 0 Å². The number of fused-ring (bicyclic) bond motifs is 1. The molecule has 2 rings (SSSR count). The molecule has 5 nitrogen and oxygen atoms in total. The van der Waals surface area contributed by atoms with E-state index >= 15 is 0 Å². The average molecular weight is 276 g/mol. The Bertz CT molecular complexity index is 502. The topological polar surface area (TPSA) is 58.6 Å². The molecule has 0 radical (unpaired) electrons. The Hall–Kier alpha value is -2.04. The van der Waals surface area contributed by atoms with Crippen LogP contribution in [0.2, 0.25) is 0 Å². The molecule has 0 aromatic heterocycles. The maximum Gasteiger partial charge on any atom is 0.305 e. The highest BCUT2D eigenvalue weighted by Gasteiger charge is 2.30. The standard InChI is InChI=1S/C15H20N2O3/c1-3-17-13(9-10-14(18)20-4-2)16-12-8-6-5-7-11(12)15(17)19/h5-8,13,16H,3-4,9-10H2,1-2H3. The number of carbonyl (C=O) groups excluding carboxylic acids is 2. The predicted octanol–water partition coefficient (Wildman–Crippen LogP) is 2.24. The van der Waals surface area contributed by atoms with Gasteiger partial charge in [0.05, 0.1) is 12.2 Å². The zero-order valence-electron chi connectivity index (χ0n) is 11.9. The van der Waals surface area contributed by atoms with Crippen molar-refractivity contribution in [1.29, 1.82) is 0 Å². The maximum absolute atomic E-state index is 12.4. The molecule has 1 aromatic carbocycles. The predicted molar refractivity (Wildman–Crippen MR) is 76.4 cm³/mol. The lowest BCUT2D eigenvalue weighted by atomic mass is 10.1. The normalized spacial score (nSPS) is 17.4. The number of benzene rings is 1. The highest BCUT2D eigenvalue weighted by molar-refractivity contribution is 6.01. The van der Waals surface area contributed by atoms with Gasteiger partial charge < -0.3 is 15.0 Å². The van der Waals surface area contributed by atoms with Gasteiger partial charge in [-0.2, -0.15) is 0 Å². The minimum absolute atomic E-state index is 0.00992. The van der Waals surface area contributed by atoms with Crippen LogP contribution in [-0.2, 0) is 9.53 Å². The van der Waals surface area contributed by atoms with Gasteiger partial charge in [0.2, 0.25) is 0 Å².